The second-order valence-corrected chi connectivity index (χ2v) is 10.2. The van der Waals surface area contributed by atoms with Crippen LogP contribution in [-0.4, -0.2) is 22.3 Å². The molecule has 0 heterocycles. The van der Waals surface area contributed by atoms with E-state index in [4.69, 9.17) is 0 Å². The summed E-state index contributed by atoms with van der Waals surface area (Å²) in [7, 11) is 0. The van der Waals surface area contributed by atoms with E-state index >= 15 is 0 Å². The SMILES string of the molecule is CCCCCCCCCCCCCCCCCC(=O)N/N=C\C1(c2ccc(O)cc2O)C=CC=CC1. The van der Waals surface area contributed by atoms with Crippen LogP contribution in [0.5, 0.6) is 11.5 Å². The molecule has 36 heavy (non-hydrogen) atoms. The summed E-state index contributed by atoms with van der Waals surface area (Å²) >= 11 is 0. The number of amides is 1. The Balaban J connectivity index is 1.54. The zero-order valence-electron chi connectivity index (χ0n) is 22.4. The fourth-order valence-electron chi connectivity index (χ4n) is 4.85. The van der Waals surface area contributed by atoms with E-state index in [0.29, 0.717) is 18.4 Å². The lowest BCUT2D eigenvalue weighted by molar-refractivity contribution is -0.121. The summed E-state index contributed by atoms with van der Waals surface area (Å²) in [6.07, 6.45) is 30.1. The summed E-state index contributed by atoms with van der Waals surface area (Å²) in [5.41, 5.74) is 2.63. The van der Waals surface area contributed by atoms with Crippen molar-refractivity contribution in [2.75, 3.05) is 0 Å². The third-order valence-corrected chi connectivity index (χ3v) is 7.07. The first-order valence-electron chi connectivity index (χ1n) is 14.3. The number of rotatable bonds is 19. The van der Waals surface area contributed by atoms with Crippen LogP contribution in [0, 0.1) is 0 Å². The van der Waals surface area contributed by atoms with Crippen molar-refractivity contribution in [3.63, 3.8) is 0 Å². The Labute approximate surface area is 218 Å². The molecule has 1 amide bonds. The highest BCUT2D eigenvalue weighted by atomic mass is 16.3. The molecule has 1 aliphatic carbocycles. The smallest absolute Gasteiger partial charge is 0.240 e. The number of hydrogen-bond donors (Lipinski definition) is 3. The van der Waals surface area contributed by atoms with Crippen molar-refractivity contribution in [3.05, 3.63) is 48.1 Å². The lowest BCUT2D eigenvalue weighted by atomic mass is 9.76. The van der Waals surface area contributed by atoms with Crippen molar-refractivity contribution in [3.8, 4) is 11.5 Å². The zero-order valence-corrected chi connectivity index (χ0v) is 22.4. The lowest BCUT2D eigenvalue weighted by Gasteiger charge is -2.28. The lowest BCUT2D eigenvalue weighted by Crippen LogP contribution is -2.28. The van der Waals surface area contributed by atoms with Gasteiger partial charge in [-0.1, -0.05) is 127 Å². The van der Waals surface area contributed by atoms with Crippen LogP contribution >= 0.6 is 0 Å². The molecule has 0 saturated carbocycles. The first-order valence-corrected chi connectivity index (χ1v) is 14.3. The highest BCUT2D eigenvalue weighted by molar-refractivity contribution is 5.82. The van der Waals surface area contributed by atoms with E-state index in [-0.39, 0.29) is 17.4 Å². The summed E-state index contributed by atoms with van der Waals surface area (Å²) in [5, 5.41) is 24.2. The van der Waals surface area contributed by atoms with Gasteiger partial charge in [0, 0.05) is 24.3 Å². The average Bonchev–Trinajstić information content (AvgIpc) is 2.87. The summed E-state index contributed by atoms with van der Waals surface area (Å²) in [6, 6.07) is 4.57. The molecule has 0 saturated heterocycles. The van der Waals surface area contributed by atoms with Crippen LogP contribution in [-0.2, 0) is 10.2 Å². The van der Waals surface area contributed by atoms with Gasteiger partial charge in [0.2, 0.25) is 5.91 Å². The van der Waals surface area contributed by atoms with Crippen molar-refractivity contribution in [1.29, 1.82) is 0 Å². The van der Waals surface area contributed by atoms with Gasteiger partial charge in [-0.05, 0) is 18.9 Å². The maximum absolute atomic E-state index is 12.2. The summed E-state index contributed by atoms with van der Waals surface area (Å²) in [6.45, 7) is 2.27. The highest BCUT2D eigenvalue weighted by Gasteiger charge is 2.30. The van der Waals surface area contributed by atoms with Gasteiger partial charge in [0.25, 0.3) is 0 Å². The van der Waals surface area contributed by atoms with Gasteiger partial charge in [-0.3, -0.25) is 4.79 Å². The molecule has 0 radical (unpaired) electrons. The molecule has 2 rings (SSSR count). The molecule has 1 aromatic rings. The van der Waals surface area contributed by atoms with Crippen molar-refractivity contribution >= 4 is 12.1 Å². The van der Waals surface area contributed by atoms with Gasteiger partial charge in [-0.25, -0.2) is 5.43 Å². The number of aromatic hydroxyl groups is 2. The molecule has 5 nitrogen and oxygen atoms in total. The van der Waals surface area contributed by atoms with Crippen molar-refractivity contribution < 1.29 is 15.0 Å². The second-order valence-electron chi connectivity index (χ2n) is 10.2. The number of phenolic OH excluding ortho intramolecular Hbond substituents is 2. The number of hydrazone groups is 1. The monoisotopic (exact) mass is 496 g/mol. The number of unbranched alkanes of at least 4 members (excludes halogenated alkanes) is 14. The minimum Gasteiger partial charge on any atom is -0.508 e. The largest absolute Gasteiger partial charge is 0.508 e. The minimum absolute atomic E-state index is 0.00512. The first-order chi connectivity index (χ1) is 17.6. The van der Waals surface area contributed by atoms with Crippen LogP contribution in [0.1, 0.15) is 122 Å². The molecule has 5 heteroatoms. The number of hydrogen-bond acceptors (Lipinski definition) is 4. The molecule has 1 atom stereocenters. The number of carbonyl (C=O) groups is 1. The summed E-state index contributed by atoms with van der Waals surface area (Å²) in [4.78, 5) is 12.2. The normalized spacial score (nSPS) is 17.1. The minimum atomic E-state index is -0.658. The number of phenols is 2. The van der Waals surface area contributed by atoms with Gasteiger partial charge in [0.15, 0.2) is 0 Å². The molecule has 0 fully saturated rings. The van der Waals surface area contributed by atoms with Crippen LogP contribution < -0.4 is 5.43 Å². The van der Waals surface area contributed by atoms with Gasteiger partial charge < -0.3 is 10.2 Å². The molecule has 1 aliphatic rings. The van der Waals surface area contributed by atoms with Gasteiger partial charge in [0.05, 0.1) is 5.41 Å². The summed E-state index contributed by atoms with van der Waals surface area (Å²) in [5.74, 6) is -0.0673. The standard InChI is InChI=1S/C31H48N2O3/c1-2-3-4-5-6-7-8-9-10-11-12-13-14-15-17-20-30(36)33-32-26-31(23-18-16-19-24-31)28-22-21-27(34)25-29(28)35/h16,18-19,21-23,25-26,34-35H,2-15,17,20,24H2,1H3,(H,33,36)/b32-26-. The third kappa shape index (κ3) is 11.5. The van der Waals surface area contributed by atoms with E-state index in [9.17, 15) is 15.0 Å². The van der Waals surface area contributed by atoms with Crippen LogP contribution in [0.2, 0.25) is 0 Å². The Kier molecular flexibility index (Phi) is 14.7. The predicted molar refractivity (Wildman–Crippen MR) is 151 cm³/mol. The van der Waals surface area contributed by atoms with Gasteiger partial charge in [-0.2, -0.15) is 5.10 Å². The molecule has 0 aliphatic heterocycles. The zero-order chi connectivity index (χ0) is 25.9. The van der Waals surface area contributed by atoms with Gasteiger partial charge in [0.1, 0.15) is 11.5 Å². The van der Waals surface area contributed by atoms with Gasteiger partial charge >= 0.3 is 0 Å². The van der Waals surface area contributed by atoms with E-state index in [0.717, 1.165) is 12.8 Å². The van der Waals surface area contributed by atoms with Crippen molar-refractivity contribution in [2.45, 2.75) is 121 Å². The Bertz CT molecular complexity index is 846. The Hall–Kier alpha value is -2.56. The molecular formula is C31H48N2O3. The maximum atomic E-state index is 12.2. The van der Waals surface area contributed by atoms with E-state index in [1.54, 1.807) is 18.3 Å². The van der Waals surface area contributed by atoms with E-state index in [1.807, 2.05) is 24.3 Å². The quantitative estimate of drug-likeness (QED) is 0.102. The van der Waals surface area contributed by atoms with E-state index < -0.39 is 5.41 Å². The van der Waals surface area contributed by atoms with Crippen LogP contribution in [0.4, 0.5) is 0 Å². The highest BCUT2D eigenvalue weighted by Crippen LogP contribution is 2.38. The number of nitrogens with one attached hydrogen (secondary N) is 1. The molecular weight excluding hydrogens is 448 g/mol. The molecule has 0 spiro atoms. The Morgan fingerprint density at radius 2 is 1.47 bits per heavy atom. The number of nitrogens with zero attached hydrogens (tertiary/aromatic N) is 1. The second kappa shape index (κ2) is 17.8. The predicted octanol–water partition coefficient (Wildman–Crippen LogP) is 8.22. The van der Waals surface area contributed by atoms with Crippen molar-refractivity contribution in [2.24, 2.45) is 5.10 Å². The maximum Gasteiger partial charge on any atom is 0.240 e. The average molecular weight is 497 g/mol. The molecule has 0 aromatic heterocycles. The molecule has 200 valence electrons. The first kappa shape index (κ1) is 29.7. The Morgan fingerprint density at radius 3 is 2.00 bits per heavy atom. The van der Waals surface area contributed by atoms with E-state index in [1.165, 1.54) is 89.5 Å². The fraction of sp³-hybridized carbons (Fsp3) is 0.613. The fourth-order valence-corrected chi connectivity index (χ4v) is 4.85. The molecule has 1 unspecified atom stereocenters. The third-order valence-electron chi connectivity index (χ3n) is 7.07. The van der Waals surface area contributed by atoms with Crippen LogP contribution in [0.15, 0.2) is 47.6 Å². The van der Waals surface area contributed by atoms with Crippen LogP contribution in [0.3, 0.4) is 0 Å². The van der Waals surface area contributed by atoms with Gasteiger partial charge in [-0.15, -0.1) is 0 Å². The summed E-state index contributed by atoms with van der Waals surface area (Å²) < 4.78 is 0. The molecule has 0 bridgehead atoms. The van der Waals surface area contributed by atoms with E-state index in [2.05, 4.69) is 17.5 Å². The van der Waals surface area contributed by atoms with Crippen molar-refractivity contribution in [1.82, 2.24) is 5.43 Å². The molecule has 3 N–H and O–H groups in total. The number of benzene rings is 1. The number of carbonyl (C=O) groups excluding carboxylic acids is 1. The number of allylic oxidation sites excluding steroid dienone is 4. The topological polar surface area (TPSA) is 81.9 Å². The Morgan fingerprint density at radius 1 is 0.889 bits per heavy atom. The molecule has 1 aromatic carbocycles. The van der Waals surface area contributed by atoms with Crippen LogP contribution in [0.25, 0.3) is 0 Å².